The van der Waals surface area contributed by atoms with Crippen LogP contribution in [0.4, 0.5) is 0 Å². The summed E-state index contributed by atoms with van der Waals surface area (Å²) in [5.74, 6) is -2.57. The van der Waals surface area contributed by atoms with Crippen molar-refractivity contribution in [3.05, 3.63) is 58.7 Å². The Bertz CT molecular complexity index is 1040. The third kappa shape index (κ3) is 6.27. The van der Waals surface area contributed by atoms with E-state index in [2.05, 4.69) is 10.3 Å². The third-order valence-electron chi connectivity index (χ3n) is 4.00. The van der Waals surface area contributed by atoms with Gasteiger partial charge in [0.2, 0.25) is 5.91 Å². The highest BCUT2D eigenvalue weighted by atomic mass is 16.2. The molecule has 9 N–H and O–H groups in total. The van der Waals surface area contributed by atoms with Gasteiger partial charge in [-0.1, -0.05) is 24.3 Å². The van der Waals surface area contributed by atoms with E-state index in [9.17, 15) is 9.59 Å². The van der Waals surface area contributed by atoms with Crippen LogP contribution in [0.3, 0.4) is 0 Å². The average molecular weight is 394 g/mol. The molecule has 8 nitrogen and oxygen atoms in total. The van der Waals surface area contributed by atoms with Crippen molar-refractivity contribution in [3.8, 4) is 0 Å². The van der Waals surface area contributed by atoms with E-state index in [1.165, 1.54) is 6.92 Å². The number of carbonyl (C=O) groups is 2. The van der Waals surface area contributed by atoms with E-state index >= 15 is 0 Å². The highest BCUT2D eigenvalue weighted by Gasteiger charge is 2.16. The summed E-state index contributed by atoms with van der Waals surface area (Å²) in [6.07, 6.45) is 3.38. The summed E-state index contributed by atoms with van der Waals surface area (Å²) in [6.45, 7) is 4.76. The Morgan fingerprint density at radius 1 is 0.966 bits per heavy atom. The lowest BCUT2D eigenvalue weighted by molar-refractivity contribution is -0.119. The fourth-order valence-electron chi connectivity index (χ4n) is 2.67. The van der Waals surface area contributed by atoms with Crippen molar-refractivity contribution in [2.45, 2.75) is 26.6 Å². The van der Waals surface area contributed by atoms with Crippen LogP contribution in [0, 0.1) is 0 Å². The highest BCUT2D eigenvalue weighted by Crippen LogP contribution is 2.24. The van der Waals surface area contributed by atoms with Gasteiger partial charge in [-0.2, -0.15) is 4.99 Å². The fraction of sp³-hybridized carbons (Fsp3) is 0.190. The van der Waals surface area contributed by atoms with E-state index in [4.69, 9.17) is 22.9 Å². The Kier molecular flexibility index (Phi) is 6.53. The first-order valence-electron chi connectivity index (χ1n) is 8.90. The predicted octanol–water partition coefficient (Wildman–Crippen LogP) is 1.15. The molecule has 0 saturated heterocycles. The summed E-state index contributed by atoms with van der Waals surface area (Å²) in [5.41, 5.74) is 24.1. The highest BCUT2D eigenvalue weighted by molar-refractivity contribution is 6.05. The number of amides is 2. The molecule has 0 spiro atoms. The van der Waals surface area contributed by atoms with Crippen molar-refractivity contribution in [2.75, 3.05) is 0 Å². The van der Waals surface area contributed by atoms with Crippen LogP contribution in [0.2, 0.25) is 0 Å². The van der Waals surface area contributed by atoms with Gasteiger partial charge in [-0.15, -0.1) is 0 Å². The van der Waals surface area contributed by atoms with Crippen LogP contribution < -0.4 is 28.3 Å². The molecule has 0 saturated carbocycles. The second-order valence-electron chi connectivity index (χ2n) is 7.06. The number of fused-ring (bicyclic) bond motifs is 1. The monoisotopic (exact) mass is 394 g/mol. The molecule has 0 radical (unpaired) electrons. The molecule has 0 aliphatic heterocycles. The number of aliphatic imine (C=N–C) groups is 1. The van der Waals surface area contributed by atoms with E-state index in [1.807, 2.05) is 36.4 Å². The summed E-state index contributed by atoms with van der Waals surface area (Å²) in [6, 6.07) is 11.6. The summed E-state index contributed by atoms with van der Waals surface area (Å²) < 4.78 is 0. The Labute approximate surface area is 169 Å². The zero-order valence-electron chi connectivity index (χ0n) is 16.7. The van der Waals surface area contributed by atoms with Crippen molar-refractivity contribution < 1.29 is 9.59 Å². The number of nitrogens with two attached hydrogens (primary N) is 4. The van der Waals surface area contributed by atoms with E-state index in [1.54, 1.807) is 26.0 Å². The smallest absolute Gasteiger partial charge is 0.275 e. The summed E-state index contributed by atoms with van der Waals surface area (Å²) in [4.78, 5) is 28.0. The minimum absolute atomic E-state index is 0.305. The van der Waals surface area contributed by atoms with Crippen molar-refractivity contribution in [2.24, 2.45) is 27.9 Å². The Hall–Kier alpha value is -3.49. The van der Waals surface area contributed by atoms with Crippen molar-refractivity contribution in [3.63, 3.8) is 0 Å². The summed E-state index contributed by atoms with van der Waals surface area (Å²) >= 11 is 0. The molecule has 2 amide bonds. The molecule has 2 aromatic carbocycles. The number of carbonyl (C=O) groups excluding carboxylic acids is 2. The zero-order chi connectivity index (χ0) is 21.8. The molecule has 0 aliphatic carbocycles. The maximum absolute atomic E-state index is 12.3. The first-order chi connectivity index (χ1) is 13.5. The first kappa shape index (κ1) is 21.8. The maximum atomic E-state index is 12.3. The number of hydrogen-bond donors (Lipinski definition) is 5. The Balaban J connectivity index is 2.57. The van der Waals surface area contributed by atoms with Crippen LogP contribution in [-0.2, 0) is 9.59 Å². The first-order valence-corrected chi connectivity index (χ1v) is 8.90. The van der Waals surface area contributed by atoms with Gasteiger partial charge in [0.15, 0.2) is 5.96 Å². The summed E-state index contributed by atoms with van der Waals surface area (Å²) in [7, 11) is 0. The SMILES string of the molecule is C/C(=C\c1cc2ccccc2cc1/C=C(\C)C(=O)NC(C)(N)N)C(=O)N=C(N)N. The van der Waals surface area contributed by atoms with Gasteiger partial charge < -0.3 is 16.8 Å². The Morgan fingerprint density at radius 2 is 1.45 bits per heavy atom. The molecule has 0 fully saturated rings. The predicted molar refractivity (Wildman–Crippen MR) is 117 cm³/mol. The minimum Gasteiger partial charge on any atom is -0.370 e. The number of nitrogens with zero attached hydrogens (tertiary/aromatic N) is 1. The summed E-state index contributed by atoms with van der Waals surface area (Å²) in [5, 5.41) is 4.48. The van der Waals surface area contributed by atoms with Gasteiger partial charge in [-0.25, -0.2) is 0 Å². The van der Waals surface area contributed by atoms with Crippen LogP contribution in [0.1, 0.15) is 31.9 Å². The lowest BCUT2D eigenvalue weighted by Crippen LogP contribution is -2.60. The van der Waals surface area contributed by atoms with Crippen molar-refractivity contribution >= 4 is 40.7 Å². The van der Waals surface area contributed by atoms with Gasteiger partial charge in [0, 0.05) is 11.1 Å². The van der Waals surface area contributed by atoms with Crippen LogP contribution >= 0.6 is 0 Å². The second kappa shape index (κ2) is 8.68. The number of rotatable bonds is 5. The number of nitrogens with one attached hydrogen (secondary N) is 1. The van der Waals surface area contributed by atoms with Gasteiger partial charge in [-0.05, 0) is 67.0 Å². The van der Waals surface area contributed by atoms with Gasteiger partial charge >= 0.3 is 0 Å². The molecule has 0 unspecified atom stereocenters. The molecule has 29 heavy (non-hydrogen) atoms. The molecule has 0 bridgehead atoms. The minimum atomic E-state index is -1.33. The molecule has 0 heterocycles. The largest absolute Gasteiger partial charge is 0.370 e. The fourth-order valence-corrected chi connectivity index (χ4v) is 2.67. The van der Waals surface area contributed by atoms with Gasteiger partial charge in [0.25, 0.3) is 5.91 Å². The molecule has 0 atom stereocenters. The number of hydrogen-bond acceptors (Lipinski definition) is 4. The molecule has 0 aromatic heterocycles. The van der Waals surface area contributed by atoms with E-state index in [0.717, 1.165) is 21.9 Å². The van der Waals surface area contributed by atoms with Gasteiger partial charge in [0.05, 0.1) is 0 Å². The maximum Gasteiger partial charge on any atom is 0.275 e. The average Bonchev–Trinajstić information content (AvgIpc) is 2.59. The lowest BCUT2D eigenvalue weighted by Gasteiger charge is -2.20. The van der Waals surface area contributed by atoms with Crippen LogP contribution in [0.5, 0.6) is 0 Å². The topological polar surface area (TPSA) is 163 Å². The molecule has 0 aliphatic rings. The van der Waals surface area contributed by atoms with Crippen LogP contribution in [-0.4, -0.2) is 23.6 Å². The van der Waals surface area contributed by atoms with E-state index in [-0.39, 0.29) is 5.96 Å². The van der Waals surface area contributed by atoms with Gasteiger partial charge in [0.1, 0.15) is 5.79 Å². The molecule has 8 heteroatoms. The van der Waals surface area contributed by atoms with Crippen molar-refractivity contribution in [1.29, 1.82) is 0 Å². The van der Waals surface area contributed by atoms with Crippen LogP contribution in [0.25, 0.3) is 22.9 Å². The third-order valence-corrected chi connectivity index (χ3v) is 4.00. The normalized spacial score (nSPS) is 12.6. The quantitative estimate of drug-likeness (QED) is 0.221. The zero-order valence-corrected chi connectivity index (χ0v) is 16.7. The Morgan fingerprint density at radius 3 is 1.90 bits per heavy atom. The van der Waals surface area contributed by atoms with E-state index in [0.29, 0.717) is 11.1 Å². The standard InChI is InChI=1S/C21H26N6O2/c1-12(18(28)26-20(22)23)8-16-10-14-6-4-5-7-15(14)11-17(16)9-13(2)19(29)27-21(3,24)25/h4-11H,24-25H2,1-3H3,(H,27,29)(H4,22,23,26,28)/b12-8+,13-9+. The number of benzene rings is 2. The van der Waals surface area contributed by atoms with Crippen LogP contribution in [0.15, 0.2) is 52.5 Å². The molecule has 2 aromatic rings. The van der Waals surface area contributed by atoms with Crippen molar-refractivity contribution in [1.82, 2.24) is 5.32 Å². The molecular formula is C21H26N6O2. The van der Waals surface area contributed by atoms with E-state index < -0.39 is 17.6 Å². The second-order valence-corrected chi connectivity index (χ2v) is 7.06. The van der Waals surface area contributed by atoms with Gasteiger partial charge in [-0.3, -0.25) is 21.1 Å². The number of guanidine groups is 1. The molecule has 2 rings (SSSR count). The molecule has 152 valence electrons. The molecular weight excluding hydrogens is 368 g/mol. The lowest BCUT2D eigenvalue weighted by atomic mass is 9.97.